The lowest BCUT2D eigenvalue weighted by Gasteiger charge is -2.12. The van der Waals surface area contributed by atoms with E-state index < -0.39 is 0 Å². The van der Waals surface area contributed by atoms with Crippen molar-refractivity contribution >= 4 is 28.3 Å². The minimum Gasteiger partial charge on any atom is -0.299 e. The standard InChI is InChI=1S/C21H18N4O2/c26-16-7-3-6-15(11-16)24-25-21(27)18-12-20(14-5-4-10-22-13-14)23-19-9-2-1-8-17(18)19/h1-2,4-5,8-10,12-13H,3,6-7,11H2,(H,25,27)/b24-15+. The first-order valence-electron chi connectivity index (χ1n) is 8.88. The molecule has 1 aliphatic rings. The predicted molar refractivity (Wildman–Crippen MR) is 103 cm³/mol. The summed E-state index contributed by atoms with van der Waals surface area (Å²) in [6, 6.07) is 13.0. The van der Waals surface area contributed by atoms with Gasteiger partial charge in [-0.2, -0.15) is 5.10 Å². The maximum Gasteiger partial charge on any atom is 0.272 e. The Morgan fingerprint density at radius 3 is 2.81 bits per heavy atom. The SMILES string of the molecule is O=C1CCC/C(=N\NC(=O)c2cc(-c3cccnc3)nc3ccccc23)C1. The van der Waals surface area contributed by atoms with Gasteiger partial charge in [0.25, 0.3) is 5.91 Å². The molecule has 0 bridgehead atoms. The summed E-state index contributed by atoms with van der Waals surface area (Å²) in [6.45, 7) is 0. The number of fused-ring (bicyclic) bond motifs is 1. The number of para-hydroxylation sites is 1. The van der Waals surface area contributed by atoms with Crippen molar-refractivity contribution in [1.29, 1.82) is 0 Å². The van der Waals surface area contributed by atoms with Gasteiger partial charge in [0.1, 0.15) is 5.78 Å². The summed E-state index contributed by atoms with van der Waals surface area (Å²) in [5.74, 6) is -0.147. The van der Waals surface area contributed by atoms with E-state index in [4.69, 9.17) is 0 Å². The van der Waals surface area contributed by atoms with Crippen molar-refractivity contribution in [2.45, 2.75) is 25.7 Å². The molecule has 2 aromatic heterocycles. The highest BCUT2D eigenvalue weighted by Crippen LogP contribution is 2.24. The zero-order valence-corrected chi connectivity index (χ0v) is 14.7. The molecule has 1 aromatic carbocycles. The molecule has 6 heteroatoms. The quantitative estimate of drug-likeness (QED) is 0.726. The van der Waals surface area contributed by atoms with Crippen molar-refractivity contribution in [2.75, 3.05) is 0 Å². The maximum atomic E-state index is 12.8. The fraction of sp³-hybridized carbons (Fsp3) is 0.190. The highest BCUT2D eigenvalue weighted by atomic mass is 16.2. The molecule has 3 aromatic rings. The molecule has 6 nitrogen and oxygen atoms in total. The zero-order valence-electron chi connectivity index (χ0n) is 14.7. The summed E-state index contributed by atoms with van der Waals surface area (Å²) in [4.78, 5) is 33.2. The van der Waals surface area contributed by atoms with Crippen LogP contribution < -0.4 is 5.43 Å². The molecule has 0 saturated heterocycles. The van der Waals surface area contributed by atoms with Gasteiger partial charge < -0.3 is 0 Å². The molecule has 1 amide bonds. The summed E-state index contributed by atoms with van der Waals surface area (Å²) in [5, 5.41) is 4.94. The van der Waals surface area contributed by atoms with Crippen molar-refractivity contribution in [3.05, 3.63) is 60.4 Å². The van der Waals surface area contributed by atoms with Crippen LogP contribution >= 0.6 is 0 Å². The van der Waals surface area contributed by atoms with E-state index in [0.717, 1.165) is 35.0 Å². The number of benzene rings is 1. The van der Waals surface area contributed by atoms with Gasteiger partial charge in [0.15, 0.2) is 0 Å². The van der Waals surface area contributed by atoms with Crippen LogP contribution in [0.2, 0.25) is 0 Å². The normalized spacial score (nSPS) is 15.9. The largest absolute Gasteiger partial charge is 0.299 e. The third-order valence-corrected chi connectivity index (χ3v) is 4.56. The van der Waals surface area contributed by atoms with Gasteiger partial charge in [-0.05, 0) is 37.1 Å². The van der Waals surface area contributed by atoms with Gasteiger partial charge >= 0.3 is 0 Å². The molecule has 1 aliphatic carbocycles. The number of rotatable bonds is 3. The molecule has 0 radical (unpaired) electrons. The van der Waals surface area contributed by atoms with E-state index in [1.807, 2.05) is 36.4 Å². The monoisotopic (exact) mass is 358 g/mol. The second-order valence-corrected chi connectivity index (χ2v) is 6.50. The Morgan fingerprint density at radius 1 is 1.11 bits per heavy atom. The molecule has 1 fully saturated rings. The number of nitrogens with zero attached hydrogens (tertiary/aromatic N) is 3. The lowest BCUT2D eigenvalue weighted by molar-refractivity contribution is -0.118. The summed E-state index contributed by atoms with van der Waals surface area (Å²) in [5.41, 5.74) is 6.07. The molecule has 1 saturated carbocycles. The number of hydrogen-bond acceptors (Lipinski definition) is 5. The molecule has 1 N–H and O–H groups in total. The van der Waals surface area contributed by atoms with E-state index in [1.54, 1.807) is 18.5 Å². The smallest absolute Gasteiger partial charge is 0.272 e. The first-order chi connectivity index (χ1) is 13.2. The number of carbonyl (C=O) groups is 2. The first-order valence-corrected chi connectivity index (χ1v) is 8.88. The molecule has 0 aliphatic heterocycles. The van der Waals surface area contributed by atoms with Gasteiger partial charge in [-0.3, -0.25) is 14.6 Å². The van der Waals surface area contributed by atoms with Crippen molar-refractivity contribution in [3.8, 4) is 11.3 Å². The van der Waals surface area contributed by atoms with E-state index in [-0.39, 0.29) is 11.7 Å². The number of amides is 1. The lowest BCUT2D eigenvalue weighted by atomic mass is 9.97. The number of aromatic nitrogens is 2. The minimum atomic E-state index is -0.315. The number of Topliss-reactive ketones (excluding diaryl/α,β-unsaturated/α-hetero) is 1. The fourth-order valence-corrected chi connectivity index (χ4v) is 3.20. The highest BCUT2D eigenvalue weighted by molar-refractivity contribution is 6.08. The number of hydrogen-bond donors (Lipinski definition) is 1. The van der Waals surface area contributed by atoms with Crippen molar-refractivity contribution in [2.24, 2.45) is 5.10 Å². The number of ketones is 1. The van der Waals surface area contributed by atoms with Crippen LogP contribution in [0.4, 0.5) is 0 Å². The zero-order chi connectivity index (χ0) is 18.6. The topological polar surface area (TPSA) is 84.3 Å². The van der Waals surface area contributed by atoms with Crippen LogP contribution in [0.1, 0.15) is 36.0 Å². The lowest BCUT2D eigenvalue weighted by Crippen LogP contribution is -2.23. The molecular formula is C21H18N4O2. The second-order valence-electron chi connectivity index (χ2n) is 6.50. The Balaban J connectivity index is 1.70. The third kappa shape index (κ3) is 3.74. The molecular weight excluding hydrogens is 340 g/mol. The van der Waals surface area contributed by atoms with Gasteiger partial charge in [-0.15, -0.1) is 0 Å². The van der Waals surface area contributed by atoms with E-state index in [2.05, 4.69) is 20.5 Å². The molecule has 134 valence electrons. The predicted octanol–water partition coefficient (Wildman–Crippen LogP) is 3.53. The summed E-state index contributed by atoms with van der Waals surface area (Å²) in [7, 11) is 0. The molecule has 0 spiro atoms. The summed E-state index contributed by atoms with van der Waals surface area (Å²) < 4.78 is 0. The number of pyridine rings is 2. The van der Waals surface area contributed by atoms with Gasteiger partial charge in [-0.1, -0.05) is 18.2 Å². The first kappa shape index (κ1) is 17.0. The van der Waals surface area contributed by atoms with Crippen LogP contribution in [-0.2, 0) is 4.79 Å². The van der Waals surface area contributed by atoms with E-state index in [9.17, 15) is 9.59 Å². The van der Waals surface area contributed by atoms with Crippen LogP contribution in [-0.4, -0.2) is 27.4 Å². The van der Waals surface area contributed by atoms with E-state index in [1.165, 1.54) is 0 Å². The fourth-order valence-electron chi connectivity index (χ4n) is 3.20. The Kier molecular flexibility index (Phi) is 4.70. The van der Waals surface area contributed by atoms with Crippen LogP contribution in [0.25, 0.3) is 22.2 Å². The van der Waals surface area contributed by atoms with Crippen LogP contribution in [0.3, 0.4) is 0 Å². The number of hydrazone groups is 1. The molecule has 0 atom stereocenters. The average molecular weight is 358 g/mol. The molecule has 27 heavy (non-hydrogen) atoms. The van der Waals surface area contributed by atoms with Crippen LogP contribution in [0.15, 0.2) is 60.0 Å². The molecule has 2 heterocycles. The maximum absolute atomic E-state index is 12.8. The Morgan fingerprint density at radius 2 is 2.00 bits per heavy atom. The van der Waals surface area contributed by atoms with Crippen LogP contribution in [0.5, 0.6) is 0 Å². The number of nitrogens with one attached hydrogen (secondary N) is 1. The Labute approximate surface area is 156 Å². The highest BCUT2D eigenvalue weighted by Gasteiger charge is 2.17. The average Bonchev–Trinajstić information content (AvgIpc) is 2.72. The van der Waals surface area contributed by atoms with Gasteiger partial charge in [0.2, 0.25) is 0 Å². The molecule has 0 unspecified atom stereocenters. The Bertz CT molecular complexity index is 1040. The second kappa shape index (κ2) is 7.45. The van der Waals surface area contributed by atoms with Crippen molar-refractivity contribution in [1.82, 2.24) is 15.4 Å². The minimum absolute atomic E-state index is 0.169. The summed E-state index contributed by atoms with van der Waals surface area (Å²) >= 11 is 0. The van der Waals surface area contributed by atoms with Gasteiger partial charge in [0.05, 0.1) is 16.8 Å². The Hall–Kier alpha value is -3.41. The third-order valence-electron chi connectivity index (χ3n) is 4.56. The van der Waals surface area contributed by atoms with Gasteiger partial charge in [-0.25, -0.2) is 10.4 Å². The number of carbonyl (C=O) groups excluding carboxylic acids is 2. The van der Waals surface area contributed by atoms with Crippen molar-refractivity contribution in [3.63, 3.8) is 0 Å². The van der Waals surface area contributed by atoms with Gasteiger partial charge in [0, 0.05) is 41.9 Å². The van der Waals surface area contributed by atoms with E-state index in [0.29, 0.717) is 24.1 Å². The van der Waals surface area contributed by atoms with Crippen molar-refractivity contribution < 1.29 is 9.59 Å². The van der Waals surface area contributed by atoms with E-state index >= 15 is 0 Å². The summed E-state index contributed by atoms with van der Waals surface area (Å²) in [6.07, 6.45) is 5.85. The molecule has 4 rings (SSSR count). The van der Waals surface area contributed by atoms with Crippen LogP contribution in [0, 0.1) is 0 Å².